The largest absolute Gasteiger partial charge is 0.334 e. The molecule has 3 heterocycles. The van der Waals surface area contributed by atoms with Gasteiger partial charge in [-0.15, -0.1) is 24.8 Å². The lowest BCUT2D eigenvalue weighted by Crippen LogP contribution is -2.40. The number of H-pyrrole nitrogens is 1. The molecule has 2 aromatic rings. The second kappa shape index (κ2) is 7.76. The van der Waals surface area contributed by atoms with Crippen LogP contribution in [0.2, 0.25) is 0 Å². The van der Waals surface area contributed by atoms with Crippen LogP contribution in [0.3, 0.4) is 0 Å². The standard InChI is InChI=1S/C14H19N5O.2ClH/c1-9-12-6-10(7-16-13(12)18-17-9)14(20)19-5-3-4-11(19)8-15-2;;/h6-7,11,15H,3-5,8H2,1-2H3,(H,16,17,18);2*1H. The average molecular weight is 346 g/mol. The zero-order valence-corrected chi connectivity index (χ0v) is 14.3. The number of aromatic amines is 1. The van der Waals surface area contributed by atoms with Gasteiger partial charge in [-0.25, -0.2) is 4.98 Å². The molecule has 8 heteroatoms. The zero-order chi connectivity index (χ0) is 14.1. The van der Waals surface area contributed by atoms with Gasteiger partial charge in [-0.05, 0) is 32.9 Å². The maximum atomic E-state index is 12.6. The van der Waals surface area contributed by atoms with Crippen LogP contribution in [-0.4, -0.2) is 52.2 Å². The maximum absolute atomic E-state index is 12.6. The second-order valence-electron chi connectivity index (χ2n) is 5.30. The first kappa shape index (κ1) is 18.7. The van der Waals surface area contributed by atoms with E-state index in [9.17, 15) is 4.79 Å². The van der Waals surface area contributed by atoms with Gasteiger partial charge in [-0.1, -0.05) is 0 Å². The summed E-state index contributed by atoms with van der Waals surface area (Å²) in [4.78, 5) is 18.8. The van der Waals surface area contributed by atoms with Crippen molar-refractivity contribution in [3.8, 4) is 0 Å². The zero-order valence-electron chi connectivity index (χ0n) is 12.6. The van der Waals surface area contributed by atoms with E-state index in [2.05, 4.69) is 20.5 Å². The van der Waals surface area contributed by atoms with Crippen molar-refractivity contribution in [1.29, 1.82) is 0 Å². The van der Waals surface area contributed by atoms with Gasteiger partial charge in [0.05, 0.1) is 5.56 Å². The smallest absolute Gasteiger partial charge is 0.255 e. The van der Waals surface area contributed by atoms with Crippen molar-refractivity contribution in [1.82, 2.24) is 25.4 Å². The highest BCUT2D eigenvalue weighted by Crippen LogP contribution is 2.21. The number of halogens is 2. The average Bonchev–Trinajstić information content (AvgIpc) is 3.06. The summed E-state index contributed by atoms with van der Waals surface area (Å²) >= 11 is 0. The number of nitrogens with one attached hydrogen (secondary N) is 2. The SMILES string of the molecule is CNCC1CCCN1C(=O)c1cnc2n[nH]c(C)c2c1.Cl.Cl. The Morgan fingerprint density at radius 3 is 3.00 bits per heavy atom. The molecule has 1 aliphatic heterocycles. The third-order valence-electron chi connectivity index (χ3n) is 3.92. The van der Waals surface area contributed by atoms with Crippen molar-refractivity contribution in [2.75, 3.05) is 20.1 Å². The van der Waals surface area contributed by atoms with Crippen LogP contribution in [0.5, 0.6) is 0 Å². The molecule has 0 aromatic carbocycles. The summed E-state index contributed by atoms with van der Waals surface area (Å²) in [7, 11) is 1.92. The van der Waals surface area contributed by atoms with Gasteiger partial charge >= 0.3 is 0 Å². The van der Waals surface area contributed by atoms with Crippen LogP contribution in [-0.2, 0) is 0 Å². The molecular weight excluding hydrogens is 325 g/mol. The molecule has 0 spiro atoms. The van der Waals surface area contributed by atoms with Crippen LogP contribution in [0.1, 0.15) is 28.9 Å². The minimum Gasteiger partial charge on any atom is -0.334 e. The van der Waals surface area contributed by atoms with Crippen molar-refractivity contribution in [3.05, 3.63) is 23.5 Å². The lowest BCUT2D eigenvalue weighted by Gasteiger charge is -2.24. The number of pyridine rings is 1. The molecule has 2 N–H and O–H groups in total. The summed E-state index contributed by atoms with van der Waals surface area (Å²) < 4.78 is 0. The molecule has 1 unspecified atom stereocenters. The molecule has 6 nitrogen and oxygen atoms in total. The molecule has 1 aliphatic rings. The fraction of sp³-hybridized carbons (Fsp3) is 0.500. The lowest BCUT2D eigenvalue weighted by atomic mass is 10.1. The number of likely N-dealkylation sites (tertiary alicyclic amines) is 1. The van der Waals surface area contributed by atoms with Crippen molar-refractivity contribution in [3.63, 3.8) is 0 Å². The Bertz CT molecular complexity index is 645. The van der Waals surface area contributed by atoms with Gasteiger partial charge in [0.1, 0.15) is 0 Å². The monoisotopic (exact) mass is 345 g/mol. The number of carbonyl (C=O) groups excluding carboxylic acids is 1. The van der Waals surface area contributed by atoms with Crippen molar-refractivity contribution in [2.24, 2.45) is 0 Å². The third kappa shape index (κ3) is 3.34. The quantitative estimate of drug-likeness (QED) is 0.891. The van der Waals surface area contributed by atoms with E-state index >= 15 is 0 Å². The number of aryl methyl sites for hydroxylation is 1. The third-order valence-corrected chi connectivity index (χ3v) is 3.92. The summed E-state index contributed by atoms with van der Waals surface area (Å²) in [5.74, 6) is 0.0674. The summed E-state index contributed by atoms with van der Waals surface area (Å²) in [6.45, 7) is 3.60. The van der Waals surface area contributed by atoms with Crippen LogP contribution in [0.25, 0.3) is 11.0 Å². The first-order valence-electron chi connectivity index (χ1n) is 6.97. The predicted octanol–water partition coefficient (Wildman–Crippen LogP) is 1.93. The fourth-order valence-electron chi connectivity index (χ4n) is 2.85. The first-order chi connectivity index (χ1) is 9.70. The van der Waals surface area contributed by atoms with Crippen molar-refractivity contribution >= 4 is 41.8 Å². The van der Waals surface area contributed by atoms with Gasteiger partial charge in [0.2, 0.25) is 0 Å². The van der Waals surface area contributed by atoms with E-state index in [1.165, 1.54) is 0 Å². The summed E-state index contributed by atoms with van der Waals surface area (Å²) in [5, 5.41) is 11.1. The van der Waals surface area contributed by atoms with E-state index < -0.39 is 0 Å². The number of hydrogen-bond acceptors (Lipinski definition) is 4. The Kier molecular flexibility index (Phi) is 6.59. The number of carbonyl (C=O) groups is 1. The Balaban J connectivity index is 0.00000121. The number of hydrogen-bond donors (Lipinski definition) is 2. The first-order valence-corrected chi connectivity index (χ1v) is 6.97. The van der Waals surface area contributed by atoms with Crippen molar-refractivity contribution < 1.29 is 4.79 Å². The summed E-state index contributed by atoms with van der Waals surface area (Å²) in [5.41, 5.74) is 2.24. The lowest BCUT2D eigenvalue weighted by molar-refractivity contribution is 0.0737. The van der Waals surface area contributed by atoms with Crippen LogP contribution in [0, 0.1) is 6.92 Å². The van der Waals surface area contributed by atoms with E-state index in [0.717, 1.165) is 37.0 Å². The van der Waals surface area contributed by atoms with Crippen LogP contribution in [0.15, 0.2) is 12.3 Å². The van der Waals surface area contributed by atoms with E-state index in [1.807, 2.05) is 24.9 Å². The molecule has 122 valence electrons. The molecule has 22 heavy (non-hydrogen) atoms. The molecule has 1 fully saturated rings. The minimum atomic E-state index is 0. The van der Waals surface area contributed by atoms with Gasteiger partial charge in [-0.3, -0.25) is 9.89 Å². The molecule has 2 aromatic heterocycles. The molecule has 3 rings (SSSR count). The van der Waals surface area contributed by atoms with Gasteiger partial charge in [0.15, 0.2) is 5.65 Å². The minimum absolute atomic E-state index is 0. The predicted molar refractivity (Wildman–Crippen MR) is 91.1 cm³/mol. The number of likely N-dealkylation sites (N-methyl/N-ethyl adjacent to an activating group) is 1. The molecular formula is C14H21Cl2N5O. The second-order valence-corrected chi connectivity index (χ2v) is 5.30. The Morgan fingerprint density at radius 2 is 2.27 bits per heavy atom. The highest BCUT2D eigenvalue weighted by molar-refractivity contribution is 5.97. The number of amides is 1. The Labute approximate surface area is 141 Å². The van der Waals surface area contributed by atoms with Crippen LogP contribution < -0.4 is 5.32 Å². The molecule has 0 radical (unpaired) electrons. The highest BCUT2D eigenvalue weighted by Gasteiger charge is 2.29. The molecule has 0 bridgehead atoms. The fourth-order valence-corrected chi connectivity index (χ4v) is 2.85. The molecule has 1 saturated heterocycles. The number of fused-ring (bicyclic) bond motifs is 1. The van der Waals surface area contributed by atoms with Crippen LogP contribution >= 0.6 is 24.8 Å². The number of rotatable bonds is 3. The molecule has 0 saturated carbocycles. The normalized spacial score (nSPS) is 17.2. The van der Waals surface area contributed by atoms with E-state index in [0.29, 0.717) is 11.2 Å². The van der Waals surface area contributed by atoms with E-state index in [1.54, 1.807) is 6.20 Å². The van der Waals surface area contributed by atoms with Gasteiger partial charge in [0, 0.05) is 36.4 Å². The van der Waals surface area contributed by atoms with Gasteiger partial charge in [0.25, 0.3) is 5.91 Å². The van der Waals surface area contributed by atoms with Gasteiger partial charge in [-0.2, -0.15) is 5.10 Å². The molecule has 1 amide bonds. The molecule has 1 atom stereocenters. The van der Waals surface area contributed by atoms with Crippen LogP contribution in [0.4, 0.5) is 0 Å². The Morgan fingerprint density at radius 1 is 1.50 bits per heavy atom. The topological polar surface area (TPSA) is 73.9 Å². The maximum Gasteiger partial charge on any atom is 0.255 e. The van der Waals surface area contributed by atoms with E-state index in [4.69, 9.17) is 0 Å². The number of aromatic nitrogens is 3. The summed E-state index contributed by atoms with van der Waals surface area (Å²) in [6.07, 6.45) is 3.76. The Hall–Kier alpha value is -1.37. The summed E-state index contributed by atoms with van der Waals surface area (Å²) in [6, 6.07) is 2.17. The number of nitrogens with zero attached hydrogens (tertiary/aromatic N) is 3. The highest BCUT2D eigenvalue weighted by atomic mass is 35.5. The van der Waals surface area contributed by atoms with Crippen molar-refractivity contribution in [2.45, 2.75) is 25.8 Å². The molecule has 0 aliphatic carbocycles. The van der Waals surface area contributed by atoms with E-state index in [-0.39, 0.29) is 36.8 Å². The van der Waals surface area contributed by atoms with Gasteiger partial charge < -0.3 is 10.2 Å².